The predicted molar refractivity (Wildman–Crippen MR) is 75.5 cm³/mol. The Bertz CT molecular complexity index is 405. The van der Waals surface area contributed by atoms with E-state index in [4.69, 9.17) is 5.73 Å². The maximum Gasteiger partial charge on any atom is 0.0388 e. The molecule has 2 N–H and O–H groups in total. The van der Waals surface area contributed by atoms with E-state index in [9.17, 15) is 0 Å². The zero-order valence-corrected chi connectivity index (χ0v) is 11.5. The summed E-state index contributed by atoms with van der Waals surface area (Å²) in [6.07, 6.45) is 5.10. The van der Waals surface area contributed by atoms with Crippen molar-refractivity contribution < 1.29 is 0 Å². The summed E-state index contributed by atoms with van der Waals surface area (Å²) in [4.78, 5) is 2.42. The van der Waals surface area contributed by atoms with Crippen LogP contribution in [-0.4, -0.2) is 31.1 Å². The zero-order chi connectivity index (χ0) is 12.8. The molecule has 0 amide bonds. The van der Waals surface area contributed by atoms with E-state index < -0.39 is 0 Å². The first-order valence-corrected chi connectivity index (χ1v) is 7.12. The lowest BCUT2D eigenvalue weighted by atomic mass is 9.78. The fraction of sp³-hybridized carbons (Fsp3) is 0.625. The van der Waals surface area contributed by atoms with Gasteiger partial charge in [0.15, 0.2) is 0 Å². The number of nitrogens with zero attached hydrogens (tertiary/aromatic N) is 1. The molecule has 0 radical (unpaired) electrons. The van der Waals surface area contributed by atoms with Gasteiger partial charge < -0.3 is 10.6 Å². The molecule has 98 valence electrons. The van der Waals surface area contributed by atoms with Crippen LogP contribution in [0, 0.1) is 11.8 Å². The van der Waals surface area contributed by atoms with Gasteiger partial charge in [-0.25, -0.2) is 0 Å². The molecule has 1 fully saturated rings. The highest BCUT2D eigenvalue weighted by atomic mass is 15.2. The Balaban J connectivity index is 2.04. The van der Waals surface area contributed by atoms with Crippen molar-refractivity contribution in [1.82, 2.24) is 4.90 Å². The zero-order valence-electron chi connectivity index (χ0n) is 11.5. The van der Waals surface area contributed by atoms with E-state index in [1.165, 1.54) is 25.7 Å². The van der Waals surface area contributed by atoms with E-state index in [1.54, 1.807) is 11.1 Å². The summed E-state index contributed by atoms with van der Waals surface area (Å²) in [7, 11) is 4.43. The monoisotopic (exact) mass is 244 g/mol. The molecule has 2 heteroatoms. The highest BCUT2D eigenvalue weighted by molar-refractivity contribution is 5.32. The van der Waals surface area contributed by atoms with Gasteiger partial charge in [0.25, 0.3) is 0 Å². The van der Waals surface area contributed by atoms with Crippen LogP contribution in [0.4, 0.5) is 0 Å². The SMILES string of the molecule is CN(C)C1(CN)C2CCC1Cc1ccccc1C2. The minimum Gasteiger partial charge on any atom is -0.329 e. The molecular weight excluding hydrogens is 220 g/mol. The van der Waals surface area contributed by atoms with E-state index in [1.807, 2.05) is 0 Å². The van der Waals surface area contributed by atoms with Crippen LogP contribution >= 0.6 is 0 Å². The molecule has 0 spiro atoms. The molecule has 2 aliphatic carbocycles. The molecule has 1 aromatic carbocycles. The first kappa shape index (κ1) is 12.2. The second-order valence-corrected chi connectivity index (χ2v) is 6.24. The third-order valence-electron chi connectivity index (χ3n) is 5.49. The van der Waals surface area contributed by atoms with Gasteiger partial charge >= 0.3 is 0 Å². The van der Waals surface area contributed by atoms with Crippen molar-refractivity contribution in [2.24, 2.45) is 17.6 Å². The Kier molecular flexibility index (Phi) is 2.95. The van der Waals surface area contributed by atoms with Gasteiger partial charge in [-0.05, 0) is 62.7 Å². The lowest BCUT2D eigenvalue weighted by Crippen LogP contribution is -2.57. The minimum absolute atomic E-state index is 0.221. The van der Waals surface area contributed by atoms with Crippen molar-refractivity contribution in [3.63, 3.8) is 0 Å². The lowest BCUT2D eigenvalue weighted by molar-refractivity contribution is 0.0695. The van der Waals surface area contributed by atoms with Crippen LogP contribution in [0.1, 0.15) is 24.0 Å². The van der Waals surface area contributed by atoms with Gasteiger partial charge in [-0.1, -0.05) is 24.3 Å². The van der Waals surface area contributed by atoms with E-state index >= 15 is 0 Å². The van der Waals surface area contributed by atoms with Crippen LogP contribution in [0.5, 0.6) is 0 Å². The molecule has 0 aliphatic heterocycles. The van der Waals surface area contributed by atoms with Crippen LogP contribution in [0.2, 0.25) is 0 Å². The molecule has 1 saturated carbocycles. The van der Waals surface area contributed by atoms with Crippen LogP contribution in [-0.2, 0) is 12.8 Å². The van der Waals surface area contributed by atoms with Gasteiger partial charge in [0, 0.05) is 12.1 Å². The first-order chi connectivity index (χ1) is 8.68. The number of likely N-dealkylation sites (N-methyl/N-ethyl adjacent to an activating group) is 1. The third-order valence-corrected chi connectivity index (χ3v) is 5.49. The molecule has 2 atom stereocenters. The lowest BCUT2D eigenvalue weighted by Gasteiger charge is -2.44. The first-order valence-electron chi connectivity index (χ1n) is 7.12. The Labute approximate surface area is 110 Å². The van der Waals surface area contributed by atoms with Crippen molar-refractivity contribution in [1.29, 1.82) is 0 Å². The van der Waals surface area contributed by atoms with Crippen molar-refractivity contribution in [2.75, 3.05) is 20.6 Å². The van der Waals surface area contributed by atoms with Gasteiger partial charge in [0.2, 0.25) is 0 Å². The quantitative estimate of drug-likeness (QED) is 0.863. The van der Waals surface area contributed by atoms with Crippen molar-refractivity contribution >= 4 is 0 Å². The second-order valence-electron chi connectivity index (χ2n) is 6.24. The number of hydrogen-bond donors (Lipinski definition) is 1. The molecule has 0 heterocycles. The van der Waals surface area contributed by atoms with Crippen LogP contribution in [0.25, 0.3) is 0 Å². The smallest absolute Gasteiger partial charge is 0.0388 e. The number of fused-ring (bicyclic) bond motifs is 3. The van der Waals surface area contributed by atoms with Crippen molar-refractivity contribution in [3.05, 3.63) is 35.4 Å². The van der Waals surface area contributed by atoms with Gasteiger partial charge in [-0.2, -0.15) is 0 Å². The fourth-order valence-corrected chi connectivity index (χ4v) is 4.53. The van der Waals surface area contributed by atoms with Gasteiger partial charge in [-0.3, -0.25) is 0 Å². The van der Waals surface area contributed by atoms with Gasteiger partial charge in [0.1, 0.15) is 0 Å². The predicted octanol–water partition coefficient (Wildman–Crippen LogP) is 2.07. The fourth-order valence-electron chi connectivity index (χ4n) is 4.53. The van der Waals surface area contributed by atoms with E-state index in [2.05, 4.69) is 43.3 Å². The molecular formula is C16H24N2. The molecule has 2 aliphatic rings. The maximum absolute atomic E-state index is 6.22. The highest BCUT2D eigenvalue weighted by Gasteiger charge is 2.51. The summed E-state index contributed by atoms with van der Waals surface area (Å²) >= 11 is 0. The maximum atomic E-state index is 6.22. The summed E-state index contributed by atoms with van der Waals surface area (Å²) in [5.41, 5.74) is 9.56. The Morgan fingerprint density at radius 2 is 1.61 bits per heavy atom. The summed E-state index contributed by atoms with van der Waals surface area (Å²) in [5.74, 6) is 1.46. The summed E-state index contributed by atoms with van der Waals surface area (Å²) < 4.78 is 0. The van der Waals surface area contributed by atoms with Crippen molar-refractivity contribution in [2.45, 2.75) is 31.2 Å². The normalized spacial score (nSPS) is 34.4. The summed E-state index contributed by atoms with van der Waals surface area (Å²) in [6, 6.07) is 8.98. The molecule has 0 saturated heterocycles. The average molecular weight is 244 g/mol. The van der Waals surface area contributed by atoms with Gasteiger partial charge in [0.05, 0.1) is 0 Å². The minimum atomic E-state index is 0.221. The van der Waals surface area contributed by atoms with E-state index in [0.717, 1.165) is 18.4 Å². The number of hydrogen-bond acceptors (Lipinski definition) is 2. The molecule has 1 aromatic rings. The van der Waals surface area contributed by atoms with Crippen molar-refractivity contribution in [3.8, 4) is 0 Å². The summed E-state index contributed by atoms with van der Waals surface area (Å²) in [5, 5.41) is 0. The molecule has 3 rings (SSSR count). The van der Waals surface area contributed by atoms with Crippen LogP contribution in [0.3, 0.4) is 0 Å². The molecule has 2 nitrogen and oxygen atoms in total. The average Bonchev–Trinajstić information content (AvgIpc) is 2.61. The van der Waals surface area contributed by atoms with Crippen LogP contribution in [0.15, 0.2) is 24.3 Å². The topological polar surface area (TPSA) is 29.3 Å². The highest BCUT2D eigenvalue weighted by Crippen LogP contribution is 2.49. The Hall–Kier alpha value is -0.860. The molecule has 2 bridgehead atoms. The summed E-state index contributed by atoms with van der Waals surface area (Å²) in [6.45, 7) is 0.795. The Morgan fingerprint density at radius 1 is 1.11 bits per heavy atom. The molecule has 0 aromatic heterocycles. The van der Waals surface area contributed by atoms with E-state index in [0.29, 0.717) is 0 Å². The number of rotatable bonds is 2. The molecule has 2 unspecified atom stereocenters. The Morgan fingerprint density at radius 3 is 2.00 bits per heavy atom. The van der Waals surface area contributed by atoms with E-state index in [-0.39, 0.29) is 5.54 Å². The molecule has 18 heavy (non-hydrogen) atoms. The number of nitrogens with two attached hydrogens (primary N) is 1. The largest absolute Gasteiger partial charge is 0.329 e. The second kappa shape index (κ2) is 4.36. The number of benzene rings is 1. The van der Waals surface area contributed by atoms with Gasteiger partial charge in [-0.15, -0.1) is 0 Å². The van der Waals surface area contributed by atoms with Crippen LogP contribution < -0.4 is 5.73 Å². The standard InChI is InChI=1S/C16H24N2/c1-18(2)16(11-17)14-7-8-15(16)10-13-6-4-3-5-12(13)9-14/h3-6,14-15H,7-11,17H2,1-2H3. The third kappa shape index (κ3) is 1.55.